The average Bonchev–Trinajstić information content (AvgIpc) is 2.87. The van der Waals surface area contributed by atoms with Gasteiger partial charge in [-0.05, 0) is 42.5 Å². The molecule has 0 radical (unpaired) electrons. The van der Waals surface area contributed by atoms with Gasteiger partial charge in [0.05, 0.1) is 24.9 Å². The van der Waals surface area contributed by atoms with E-state index in [2.05, 4.69) is 21.2 Å². The molecular weight excluding hydrogens is 454 g/mol. The number of ether oxygens (including phenoxy) is 2. The SMILES string of the molecule is COc1ccc(OCC(=O)N2CCN3C(=O)c4cc(Br)ccc4NC(=O)C3C2)cc1. The molecule has 2 aliphatic rings. The lowest BCUT2D eigenvalue weighted by Gasteiger charge is -2.39. The Bertz CT molecular complexity index is 995. The van der Waals surface area contributed by atoms with Gasteiger partial charge in [0.1, 0.15) is 17.5 Å². The summed E-state index contributed by atoms with van der Waals surface area (Å²) in [6.07, 6.45) is 0. The third-order valence-corrected chi connectivity index (χ3v) is 5.68. The number of benzene rings is 2. The number of methoxy groups -OCH3 is 1. The van der Waals surface area contributed by atoms with Gasteiger partial charge in [-0.2, -0.15) is 0 Å². The van der Waals surface area contributed by atoms with E-state index < -0.39 is 6.04 Å². The number of nitrogens with one attached hydrogen (secondary N) is 1. The second kappa shape index (κ2) is 8.35. The number of hydrogen-bond acceptors (Lipinski definition) is 5. The van der Waals surface area contributed by atoms with Gasteiger partial charge in [-0.1, -0.05) is 15.9 Å². The number of hydrogen-bond donors (Lipinski definition) is 1. The maximum atomic E-state index is 13.0. The maximum absolute atomic E-state index is 13.0. The molecule has 0 saturated carbocycles. The van der Waals surface area contributed by atoms with E-state index in [1.807, 2.05) is 0 Å². The van der Waals surface area contributed by atoms with Gasteiger partial charge in [0, 0.05) is 17.6 Å². The largest absolute Gasteiger partial charge is 0.497 e. The summed E-state index contributed by atoms with van der Waals surface area (Å²) in [6, 6.07) is 11.3. The molecule has 2 aliphatic heterocycles. The molecule has 2 aromatic rings. The first-order chi connectivity index (χ1) is 14.5. The zero-order valence-corrected chi connectivity index (χ0v) is 17.8. The Labute approximate surface area is 181 Å². The first-order valence-corrected chi connectivity index (χ1v) is 10.2. The minimum Gasteiger partial charge on any atom is -0.497 e. The van der Waals surface area contributed by atoms with Crippen molar-refractivity contribution < 1.29 is 23.9 Å². The molecule has 1 N–H and O–H groups in total. The quantitative estimate of drug-likeness (QED) is 0.734. The maximum Gasteiger partial charge on any atom is 0.260 e. The number of nitrogens with zero attached hydrogens (tertiary/aromatic N) is 2. The Morgan fingerprint density at radius 3 is 2.60 bits per heavy atom. The van der Waals surface area contributed by atoms with E-state index in [4.69, 9.17) is 9.47 Å². The average molecular weight is 474 g/mol. The van der Waals surface area contributed by atoms with Gasteiger partial charge in [0.2, 0.25) is 5.91 Å². The normalized spacial score (nSPS) is 18.1. The summed E-state index contributed by atoms with van der Waals surface area (Å²) in [5, 5.41) is 2.80. The van der Waals surface area contributed by atoms with Crippen LogP contribution in [-0.2, 0) is 9.59 Å². The minimum atomic E-state index is -0.748. The number of halogens is 1. The molecule has 3 amide bonds. The molecule has 30 heavy (non-hydrogen) atoms. The van der Waals surface area contributed by atoms with Crippen LogP contribution < -0.4 is 14.8 Å². The zero-order valence-electron chi connectivity index (χ0n) is 16.3. The molecule has 1 atom stereocenters. The first kappa shape index (κ1) is 20.2. The predicted molar refractivity (Wildman–Crippen MR) is 113 cm³/mol. The Morgan fingerprint density at radius 2 is 1.87 bits per heavy atom. The second-order valence-corrected chi connectivity index (χ2v) is 7.91. The summed E-state index contributed by atoms with van der Waals surface area (Å²) in [5.74, 6) is 0.470. The first-order valence-electron chi connectivity index (χ1n) is 9.42. The van der Waals surface area contributed by atoms with Crippen molar-refractivity contribution in [3.63, 3.8) is 0 Å². The van der Waals surface area contributed by atoms with Crippen molar-refractivity contribution in [1.29, 1.82) is 0 Å². The van der Waals surface area contributed by atoms with Crippen molar-refractivity contribution in [1.82, 2.24) is 9.80 Å². The van der Waals surface area contributed by atoms with Gasteiger partial charge < -0.3 is 24.6 Å². The Balaban J connectivity index is 1.43. The van der Waals surface area contributed by atoms with Crippen molar-refractivity contribution >= 4 is 39.3 Å². The highest BCUT2D eigenvalue weighted by molar-refractivity contribution is 9.10. The molecule has 0 aromatic heterocycles. The van der Waals surface area contributed by atoms with Gasteiger partial charge in [-0.15, -0.1) is 0 Å². The number of fused-ring (bicyclic) bond motifs is 2. The van der Waals surface area contributed by atoms with E-state index in [0.29, 0.717) is 29.3 Å². The summed E-state index contributed by atoms with van der Waals surface area (Å²) in [7, 11) is 1.57. The molecule has 1 unspecified atom stereocenters. The molecule has 156 valence electrons. The number of piperazine rings is 1. The molecule has 0 bridgehead atoms. The fourth-order valence-electron chi connectivity index (χ4n) is 3.56. The van der Waals surface area contributed by atoms with Crippen LogP contribution in [0.25, 0.3) is 0 Å². The summed E-state index contributed by atoms with van der Waals surface area (Å²) in [4.78, 5) is 41.5. The third-order valence-electron chi connectivity index (χ3n) is 5.19. The second-order valence-electron chi connectivity index (χ2n) is 7.00. The molecule has 2 heterocycles. The molecule has 1 fully saturated rings. The molecule has 4 rings (SSSR count). The van der Waals surface area contributed by atoms with Crippen molar-refractivity contribution in [3.05, 3.63) is 52.5 Å². The van der Waals surface area contributed by atoms with Crippen LogP contribution in [0.5, 0.6) is 11.5 Å². The van der Waals surface area contributed by atoms with Crippen LogP contribution in [0.15, 0.2) is 46.9 Å². The highest BCUT2D eigenvalue weighted by atomic mass is 79.9. The summed E-state index contributed by atoms with van der Waals surface area (Å²) in [5.41, 5.74) is 0.908. The number of amides is 3. The van der Waals surface area contributed by atoms with Crippen LogP contribution in [0.4, 0.5) is 5.69 Å². The molecule has 1 saturated heterocycles. The van der Waals surface area contributed by atoms with E-state index >= 15 is 0 Å². The van der Waals surface area contributed by atoms with Gasteiger partial charge in [-0.3, -0.25) is 14.4 Å². The highest BCUT2D eigenvalue weighted by Gasteiger charge is 2.40. The monoisotopic (exact) mass is 473 g/mol. The van der Waals surface area contributed by atoms with Crippen molar-refractivity contribution in [2.45, 2.75) is 6.04 Å². The summed E-state index contributed by atoms with van der Waals surface area (Å²) >= 11 is 3.36. The predicted octanol–water partition coefficient (Wildman–Crippen LogP) is 2.14. The third kappa shape index (κ3) is 3.97. The zero-order chi connectivity index (χ0) is 21.3. The van der Waals surface area contributed by atoms with Crippen LogP contribution in [0, 0.1) is 0 Å². The Hall–Kier alpha value is -3.07. The summed E-state index contributed by atoms with van der Waals surface area (Å²) in [6.45, 7) is 0.583. The van der Waals surface area contributed by atoms with Gasteiger partial charge in [0.25, 0.3) is 11.8 Å². The topological polar surface area (TPSA) is 88.2 Å². The van der Waals surface area contributed by atoms with Gasteiger partial charge in [-0.25, -0.2) is 0 Å². The Kier molecular flexibility index (Phi) is 5.63. The van der Waals surface area contributed by atoms with Crippen LogP contribution in [0.1, 0.15) is 10.4 Å². The van der Waals surface area contributed by atoms with E-state index in [9.17, 15) is 14.4 Å². The fourth-order valence-corrected chi connectivity index (χ4v) is 3.92. The lowest BCUT2D eigenvalue weighted by atomic mass is 10.1. The Morgan fingerprint density at radius 1 is 1.13 bits per heavy atom. The van der Waals surface area contributed by atoms with Crippen LogP contribution in [0.2, 0.25) is 0 Å². The number of carbonyl (C=O) groups excluding carboxylic acids is 3. The summed E-state index contributed by atoms with van der Waals surface area (Å²) < 4.78 is 11.4. The minimum absolute atomic E-state index is 0.123. The lowest BCUT2D eigenvalue weighted by molar-refractivity contribution is -0.137. The molecular formula is C21H20BrN3O5. The van der Waals surface area contributed by atoms with Crippen molar-refractivity contribution in [3.8, 4) is 11.5 Å². The lowest BCUT2D eigenvalue weighted by Crippen LogP contribution is -2.60. The molecule has 0 aliphatic carbocycles. The van der Waals surface area contributed by atoms with Crippen LogP contribution >= 0.6 is 15.9 Å². The van der Waals surface area contributed by atoms with E-state index in [-0.39, 0.29) is 37.4 Å². The molecule has 8 nitrogen and oxygen atoms in total. The number of carbonyl (C=O) groups is 3. The van der Waals surface area contributed by atoms with Crippen LogP contribution in [0.3, 0.4) is 0 Å². The van der Waals surface area contributed by atoms with Crippen molar-refractivity contribution in [2.24, 2.45) is 0 Å². The number of anilines is 1. The fraction of sp³-hybridized carbons (Fsp3) is 0.286. The van der Waals surface area contributed by atoms with Gasteiger partial charge >= 0.3 is 0 Å². The van der Waals surface area contributed by atoms with E-state index in [1.54, 1.807) is 54.5 Å². The number of rotatable bonds is 4. The molecule has 0 spiro atoms. The molecule has 2 aromatic carbocycles. The molecule has 9 heteroatoms. The van der Waals surface area contributed by atoms with E-state index in [0.717, 1.165) is 4.47 Å². The van der Waals surface area contributed by atoms with Gasteiger partial charge in [0.15, 0.2) is 6.61 Å². The van der Waals surface area contributed by atoms with Crippen LogP contribution in [-0.4, -0.2) is 66.9 Å². The standard InChI is InChI=1S/C21H20BrN3O5/c1-29-14-3-5-15(6-4-14)30-12-19(26)24-8-9-25-18(11-24)20(27)23-17-7-2-13(22)10-16(17)21(25)28/h2-7,10,18H,8-9,11-12H2,1H3,(H,23,27). The van der Waals surface area contributed by atoms with E-state index in [1.165, 1.54) is 4.90 Å². The smallest absolute Gasteiger partial charge is 0.260 e. The highest BCUT2D eigenvalue weighted by Crippen LogP contribution is 2.28. The van der Waals surface area contributed by atoms with Crippen molar-refractivity contribution in [2.75, 3.05) is 38.7 Å².